The molecule has 0 fully saturated rings. The zero-order chi connectivity index (χ0) is 14.2. The number of Topliss-reactive ketones (excluding diaryl/α,β-unsaturated/α-hetero) is 1. The smallest absolute Gasteiger partial charge is 0.407 e. The largest absolute Gasteiger partial charge is 0.444 e. The summed E-state index contributed by atoms with van der Waals surface area (Å²) in [6, 6.07) is 0. The molecule has 106 valence electrons. The van der Waals surface area contributed by atoms with E-state index in [1.165, 1.54) is 0 Å². The van der Waals surface area contributed by atoms with E-state index in [-0.39, 0.29) is 18.2 Å². The molecule has 0 saturated heterocycles. The molecule has 0 rings (SSSR count). The first-order valence-corrected chi connectivity index (χ1v) is 6.46. The van der Waals surface area contributed by atoms with Crippen LogP contribution in [0.3, 0.4) is 0 Å². The fraction of sp³-hybridized carbons (Fsp3) is 0.846. The summed E-state index contributed by atoms with van der Waals surface area (Å²) in [5.74, 6) is 0.103. The number of hydrogen-bond acceptors (Lipinski definition) is 4. The van der Waals surface area contributed by atoms with Crippen molar-refractivity contribution in [1.29, 1.82) is 0 Å². The average molecular weight is 258 g/mol. The molecule has 1 amide bonds. The highest BCUT2D eigenvalue weighted by Crippen LogP contribution is 2.09. The number of unbranched alkanes of at least 4 members (excludes halogenated alkanes) is 1. The summed E-state index contributed by atoms with van der Waals surface area (Å²) >= 11 is 0. The molecular weight excluding hydrogens is 232 g/mol. The molecule has 0 aliphatic rings. The number of alkyl carbamates (subject to hydrolysis) is 1. The molecule has 0 aliphatic carbocycles. The van der Waals surface area contributed by atoms with E-state index < -0.39 is 11.7 Å². The molecule has 0 heterocycles. The molecule has 0 aromatic rings. The minimum Gasteiger partial charge on any atom is -0.444 e. The lowest BCUT2D eigenvalue weighted by molar-refractivity contribution is -0.121. The highest BCUT2D eigenvalue weighted by molar-refractivity contribution is 5.82. The van der Waals surface area contributed by atoms with Crippen LogP contribution >= 0.6 is 0 Å². The molecule has 0 aromatic carbocycles. The van der Waals surface area contributed by atoms with Crippen molar-refractivity contribution in [3.8, 4) is 0 Å². The molecule has 0 aliphatic heterocycles. The Hall–Kier alpha value is -1.10. The Bertz CT molecular complexity index is 272. The number of hydrogen-bond donors (Lipinski definition) is 2. The third kappa shape index (κ3) is 8.98. The predicted octanol–water partition coefficient (Wildman–Crippen LogP) is 1.85. The molecule has 0 saturated carbocycles. The first-order chi connectivity index (χ1) is 8.26. The van der Waals surface area contributed by atoms with Crippen LogP contribution in [0, 0.1) is 5.92 Å². The van der Waals surface area contributed by atoms with Gasteiger partial charge in [0.25, 0.3) is 0 Å². The monoisotopic (exact) mass is 258 g/mol. The second-order valence-corrected chi connectivity index (χ2v) is 5.50. The van der Waals surface area contributed by atoms with Gasteiger partial charge < -0.3 is 15.8 Å². The average Bonchev–Trinajstić information content (AvgIpc) is 2.24. The van der Waals surface area contributed by atoms with Gasteiger partial charge in [-0.05, 0) is 33.6 Å². The van der Waals surface area contributed by atoms with Gasteiger partial charge in [0.1, 0.15) is 11.4 Å². The van der Waals surface area contributed by atoms with Crippen molar-refractivity contribution in [3.63, 3.8) is 0 Å². The van der Waals surface area contributed by atoms with Gasteiger partial charge in [0.15, 0.2) is 0 Å². The Morgan fingerprint density at radius 3 is 2.39 bits per heavy atom. The lowest BCUT2D eigenvalue weighted by Crippen LogP contribution is -2.33. The van der Waals surface area contributed by atoms with E-state index in [0.29, 0.717) is 6.54 Å². The Morgan fingerprint density at radius 1 is 1.28 bits per heavy atom. The van der Waals surface area contributed by atoms with E-state index in [4.69, 9.17) is 10.5 Å². The molecule has 0 radical (unpaired) electrons. The van der Waals surface area contributed by atoms with Gasteiger partial charge in [-0.25, -0.2) is 4.79 Å². The predicted molar refractivity (Wildman–Crippen MR) is 71.3 cm³/mol. The van der Waals surface area contributed by atoms with Crippen LogP contribution in [0.25, 0.3) is 0 Å². The van der Waals surface area contributed by atoms with Gasteiger partial charge >= 0.3 is 6.09 Å². The van der Waals surface area contributed by atoms with Crippen molar-refractivity contribution in [2.24, 2.45) is 11.7 Å². The first kappa shape index (κ1) is 16.9. The van der Waals surface area contributed by atoms with E-state index in [9.17, 15) is 9.59 Å². The van der Waals surface area contributed by atoms with Gasteiger partial charge in [0.05, 0.1) is 6.54 Å². The number of ketones is 1. The van der Waals surface area contributed by atoms with Gasteiger partial charge in [0, 0.05) is 12.5 Å². The van der Waals surface area contributed by atoms with Crippen LogP contribution in [0.15, 0.2) is 0 Å². The fourth-order valence-electron chi connectivity index (χ4n) is 1.44. The van der Waals surface area contributed by atoms with Gasteiger partial charge in [-0.15, -0.1) is 0 Å². The number of ether oxygens (including phenoxy) is 1. The summed E-state index contributed by atoms with van der Waals surface area (Å²) in [6.07, 6.45) is 2.14. The SMILES string of the molecule is C[C@@H](CCCCNC(=O)OC(C)(C)C)C(=O)CN. The Labute approximate surface area is 109 Å². The van der Waals surface area contributed by atoms with E-state index in [0.717, 1.165) is 19.3 Å². The molecule has 3 N–H and O–H groups in total. The number of carbonyl (C=O) groups is 2. The van der Waals surface area contributed by atoms with Gasteiger partial charge in [-0.2, -0.15) is 0 Å². The van der Waals surface area contributed by atoms with Crippen molar-refractivity contribution in [3.05, 3.63) is 0 Å². The van der Waals surface area contributed by atoms with Crippen LogP contribution in [0.2, 0.25) is 0 Å². The zero-order valence-electron chi connectivity index (χ0n) is 11.9. The lowest BCUT2D eigenvalue weighted by Gasteiger charge is -2.19. The van der Waals surface area contributed by atoms with Crippen LogP contribution < -0.4 is 11.1 Å². The van der Waals surface area contributed by atoms with Crippen LogP contribution in [0.1, 0.15) is 47.0 Å². The third-order valence-corrected chi connectivity index (χ3v) is 2.48. The summed E-state index contributed by atoms with van der Waals surface area (Å²) < 4.78 is 5.10. The van der Waals surface area contributed by atoms with Crippen molar-refractivity contribution in [1.82, 2.24) is 5.32 Å². The van der Waals surface area contributed by atoms with Crippen molar-refractivity contribution < 1.29 is 14.3 Å². The third-order valence-electron chi connectivity index (χ3n) is 2.48. The van der Waals surface area contributed by atoms with Gasteiger partial charge in [0.2, 0.25) is 0 Å². The fourth-order valence-corrected chi connectivity index (χ4v) is 1.44. The second-order valence-electron chi connectivity index (χ2n) is 5.50. The minimum atomic E-state index is -0.466. The molecule has 0 aromatic heterocycles. The molecule has 1 atom stereocenters. The Kier molecular flexibility index (Phi) is 7.59. The molecule has 0 spiro atoms. The molecule has 5 heteroatoms. The maximum Gasteiger partial charge on any atom is 0.407 e. The highest BCUT2D eigenvalue weighted by atomic mass is 16.6. The summed E-state index contributed by atoms with van der Waals surface area (Å²) in [5.41, 5.74) is 4.81. The van der Waals surface area contributed by atoms with E-state index in [2.05, 4.69) is 5.32 Å². The maximum atomic E-state index is 11.3. The van der Waals surface area contributed by atoms with Gasteiger partial charge in [-0.3, -0.25) is 4.79 Å². The number of nitrogens with two attached hydrogens (primary N) is 1. The molecule has 0 unspecified atom stereocenters. The van der Waals surface area contributed by atoms with Crippen LogP contribution in [0.4, 0.5) is 4.79 Å². The molecule has 18 heavy (non-hydrogen) atoms. The summed E-state index contributed by atoms with van der Waals surface area (Å²) in [7, 11) is 0. The Morgan fingerprint density at radius 2 is 1.89 bits per heavy atom. The van der Waals surface area contributed by atoms with E-state index >= 15 is 0 Å². The molecule has 5 nitrogen and oxygen atoms in total. The normalized spacial score (nSPS) is 12.9. The van der Waals surface area contributed by atoms with Crippen molar-refractivity contribution >= 4 is 11.9 Å². The number of amides is 1. The minimum absolute atomic E-state index is 0.0107. The molecular formula is C13H26N2O3. The number of rotatable bonds is 7. The topological polar surface area (TPSA) is 81.4 Å². The van der Waals surface area contributed by atoms with Crippen LogP contribution in [-0.4, -0.2) is 30.6 Å². The highest BCUT2D eigenvalue weighted by Gasteiger charge is 2.15. The lowest BCUT2D eigenvalue weighted by atomic mass is 9.99. The number of carbonyl (C=O) groups excluding carboxylic acids is 2. The quantitative estimate of drug-likeness (QED) is 0.683. The van der Waals surface area contributed by atoms with Crippen LogP contribution in [-0.2, 0) is 9.53 Å². The summed E-state index contributed by atoms with van der Waals surface area (Å²) in [5, 5.41) is 2.69. The van der Waals surface area contributed by atoms with Crippen molar-refractivity contribution in [2.75, 3.05) is 13.1 Å². The van der Waals surface area contributed by atoms with Crippen LogP contribution in [0.5, 0.6) is 0 Å². The summed E-state index contributed by atoms with van der Waals surface area (Å²) in [6.45, 7) is 8.04. The number of nitrogens with one attached hydrogen (secondary N) is 1. The zero-order valence-corrected chi connectivity index (χ0v) is 11.9. The first-order valence-electron chi connectivity index (χ1n) is 6.46. The maximum absolute atomic E-state index is 11.3. The van der Waals surface area contributed by atoms with Gasteiger partial charge in [-0.1, -0.05) is 13.3 Å². The Balaban J connectivity index is 3.57. The van der Waals surface area contributed by atoms with E-state index in [1.807, 2.05) is 27.7 Å². The second kappa shape index (κ2) is 8.08. The standard InChI is InChI=1S/C13H26N2O3/c1-10(11(16)9-14)7-5-6-8-15-12(17)18-13(2,3)4/h10H,5-9,14H2,1-4H3,(H,15,17)/t10-/m0/s1. The summed E-state index contributed by atoms with van der Waals surface area (Å²) in [4.78, 5) is 22.5. The van der Waals surface area contributed by atoms with E-state index in [1.54, 1.807) is 0 Å². The van der Waals surface area contributed by atoms with Crippen molar-refractivity contribution in [2.45, 2.75) is 52.6 Å². The molecule has 0 bridgehead atoms.